The Morgan fingerprint density at radius 2 is 1.42 bits per heavy atom. The molecule has 0 bridgehead atoms. The Labute approximate surface area is 115 Å². The van der Waals surface area contributed by atoms with Crippen LogP contribution in [0.5, 0.6) is 11.5 Å². The standard InChI is InChI=1S/C15H24O4/c1-4-16-13-9-7-8-10-14(13)19-12-11-15(17-5-2)18-6-3/h7-10,15H,4-6,11-12H2,1-3H3. The Hall–Kier alpha value is -1.26. The third-order valence-electron chi connectivity index (χ3n) is 2.47. The number of ether oxygens (including phenoxy) is 4. The zero-order chi connectivity index (χ0) is 13.9. The first-order valence-electron chi connectivity index (χ1n) is 6.89. The van der Waals surface area contributed by atoms with Crippen molar-refractivity contribution in [3.63, 3.8) is 0 Å². The zero-order valence-corrected chi connectivity index (χ0v) is 12.1. The van der Waals surface area contributed by atoms with E-state index in [4.69, 9.17) is 18.9 Å². The molecule has 0 fully saturated rings. The van der Waals surface area contributed by atoms with E-state index in [-0.39, 0.29) is 6.29 Å². The predicted molar refractivity (Wildman–Crippen MR) is 74.8 cm³/mol. The molecule has 4 heteroatoms. The molecule has 0 unspecified atom stereocenters. The van der Waals surface area contributed by atoms with Crippen LogP contribution in [-0.4, -0.2) is 32.7 Å². The highest BCUT2D eigenvalue weighted by Gasteiger charge is 2.09. The highest BCUT2D eigenvalue weighted by molar-refractivity contribution is 5.39. The molecule has 0 aliphatic rings. The van der Waals surface area contributed by atoms with Gasteiger partial charge in [0.25, 0.3) is 0 Å². The van der Waals surface area contributed by atoms with Crippen LogP contribution in [0.25, 0.3) is 0 Å². The van der Waals surface area contributed by atoms with E-state index < -0.39 is 0 Å². The minimum Gasteiger partial charge on any atom is -0.490 e. The summed E-state index contributed by atoms with van der Waals surface area (Å²) < 4.78 is 22.2. The van der Waals surface area contributed by atoms with Crippen LogP contribution in [0.3, 0.4) is 0 Å². The molecule has 108 valence electrons. The number of rotatable bonds is 10. The Kier molecular flexibility index (Phi) is 8.02. The molecule has 0 amide bonds. The van der Waals surface area contributed by atoms with Crippen LogP contribution in [0.1, 0.15) is 27.2 Å². The van der Waals surface area contributed by atoms with Crippen molar-refractivity contribution in [2.24, 2.45) is 0 Å². The lowest BCUT2D eigenvalue weighted by Crippen LogP contribution is -2.20. The summed E-state index contributed by atoms with van der Waals surface area (Å²) in [6, 6.07) is 7.67. The molecule has 1 rings (SSSR count). The van der Waals surface area contributed by atoms with Crippen LogP contribution in [0.2, 0.25) is 0 Å². The molecule has 1 aromatic rings. The molecule has 0 heterocycles. The Balaban J connectivity index is 2.42. The average molecular weight is 268 g/mol. The quantitative estimate of drug-likeness (QED) is 0.610. The lowest BCUT2D eigenvalue weighted by Gasteiger charge is -2.17. The van der Waals surface area contributed by atoms with E-state index in [1.807, 2.05) is 45.0 Å². The molecule has 0 saturated heterocycles. The van der Waals surface area contributed by atoms with Crippen molar-refractivity contribution in [2.75, 3.05) is 26.4 Å². The second-order valence-electron chi connectivity index (χ2n) is 3.86. The minimum atomic E-state index is -0.200. The van der Waals surface area contributed by atoms with E-state index in [2.05, 4.69) is 0 Å². The molecular formula is C15H24O4. The van der Waals surface area contributed by atoms with E-state index in [0.29, 0.717) is 32.8 Å². The van der Waals surface area contributed by atoms with Crippen LogP contribution in [0.15, 0.2) is 24.3 Å². The lowest BCUT2D eigenvalue weighted by atomic mass is 10.3. The number of para-hydroxylation sites is 2. The molecule has 0 saturated carbocycles. The highest BCUT2D eigenvalue weighted by Crippen LogP contribution is 2.26. The molecule has 0 atom stereocenters. The average Bonchev–Trinajstić information content (AvgIpc) is 2.41. The molecule has 0 spiro atoms. The van der Waals surface area contributed by atoms with Gasteiger partial charge in [-0.05, 0) is 32.9 Å². The normalized spacial score (nSPS) is 10.7. The van der Waals surface area contributed by atoms with Gasteiger partial charge in [-0.15, -0.1) is 0 Å². The van der Waals surface area contributed by atoms with Crippen molar-refractivity contribution in [2.45, 2.75) is 33.5 Å². The maximum absolute atomic E-state index is 5.73. The van der Waals surface area contributed by atoms with E-state index >= 15 is 0 Å². The fourth-order valence-electron chi connectivity index (χ4n) is 1.70. The molecule has 19 heavy (non-hydrogen) atoms. The summed E-state index contributed by atoms with van der Waals surface area (Å²) in [4.78, 5) is 0. The SMILES string of the molecule is CCOc1ccccc1OCCC(OCC)OCC. The van der Waals surface area contributed by atoms with Gasteiger partial charge in [-0.1, -0.05) is 12.1 Å². The topological polar surface area (TPSA) is 36.9 Å². The molecule has 1 aromatic carbocycles. The van der Waals surface area contributed by atoms with Crippen LogP contribution in [0.4, 0.5) is 0 Å². The third-order valence-corrected chi connectivity index (χ3v) is 2.47. The largest absolute Gasteiger partial charge is 0.490 e. The van der Waals surface area contributed by atoms with Gasteiger partial charge in [0.2, 0.25) is 0 Å². The fraction of sp³-hybridized carbons (Fsp3) is 0.600. The van der Waals surface area contributed by atoms with Crippen LogP contribution in [-0.2, 0) is 9.47 Å². The summed E-state index contributed by atoms with van der Waals surface area (Å²) in [5.74, 6) is 1.53. The molecule has 0 aliphatic heterocycles. The second kappa shape index (κ2) is 9.64. The van der Waals surface area contributed by atoms with E-state index in [0.717, 1.165) is 11.5 Å². The van der Waals surface area contributed by atoms with Crippen molar-refractivity contribution in [1.82, 2.24) is 0 Å². The summed E-state index contributed by atoms with van der Waals surface area (Å²) in [5, 5.41) is 0. The first kappa shape index (κ1) is 15.8. The van der Waals surface area contributed by atoms with Gasteiger partial charge in [0.1, 0.15) is 0 Å². The van der Waals surface area contributed by atoms with Crippen LogP contribution < -0.4 is 9.47 Å². The van der Waals surface area contributed by atoms with Gasteiger partial charge in [-0.2, -0.15) is 0 Å². The Morgan fingerprint density at radius 3 is 1.95 bits per heavy atom. The van der Waals surface area contributed by atoms with Crippen molar-refractivity contribution < 1.29 is 18.9 Å². The summed E-state index contributed by atoms with van der Waals surface area (Å²) in [6.45, 7) is 8.31. The van der Waals surface area contributed by atoms with Gasteiger partial charge < -0.3 is 18.9 Å². The van der Waals surface area contributed by atoms with Crippen molar-refractivity contribution in [3.8, 4) is 11.5 Å². The maximum atomic E-state index is 5.73. The minimum absolute atomic E-state index is 0.200. The highest BCUT2D eigenvalue weighted by atomic mass is 16.7. The van der Waals surface area contributed by atoms with Gasteiger partial charge in [-0.3, -0.25) is 0 Å². The first-order chi connectivity index (χ1) is 9.31. The van der Waals surface area contributed by atoms with Gasteiger partial charge in [-0.25, -0.2) is 0 Å². The third kappa shape index (κ3) is 5.94. The monoisotopic (exact) mass is 268 g/mol. The molecule has 4 nitrogen and oxygen atoms in total. The second-order valence-corrected chi connectivity index (χ2v) is 3.86. The molecule has 0 aliphatic carbocycles. The fourth-order valence-corrected chi connectivity index (χ4v) is 1.70. The van der Waals surface area contributed by atoms with Gasteiger partial charge in [0.05, 0.1) is 13.2 Å². The summed E-state index contributed by atoms with van der Waals surface area (Å²) in [7, 11) is 0. The van der Waals surface area contributed by atoms with Gasteiger partial charge in [0.15, 0.2) is 17.8 Å². The lowest BCUT2D eigenvalue weighted by molar-refractivity contribution is -0.142. The number of hydrogen-bond donors (Lipinski definition) is 0. The molecule has 0 N–H and O–H groups in total. The van der Waals surface area contributed by atoms with Crippen LogP contribution >= 0.6 is 0 Å². The van der Waals surface area contributed by atoms with Gasteiger partial charge in [0, 0.05) is 19.6 Å². The maximum Gasteiger partial charge on any atom is 0.161 e. The Bertz CT molecular complexity index is 335. The molecule has 0 radical (unpaired) electrons. The van der Waals surface area contributed by atoms with E-state index in [9.17, 15) is 0 Å². The smallest absolute Gasteiger partial charge is 0.161 e. The Morgan fingerprint density at radius 1 is 0.842 bits per heavy atom. The predicted octanol–water partition coefficient (Wildman–Crippen LogP) is 3.25. The zero-order valence-electron chi connectivity index (χ0n) is 12.1. The van der Waals surface area contributed by atoms with E-state index in [1.54, 1.807) is 0 Å². The summed E-state index contributed by atoms with van der Waals surface area (Å²) in [5.41, 5.74) is 0. The summed E-state index contributed by atoms with van der Waals surface area (Å²) >= 11 is 0. The summed E-state index contributed by atoms with van der Waals surface area (Å²) in [6.07, 6.45) is 0.497. The van der Waals surface area contributed by atoms with Crippen molar-refractivity contribution >= 4 is 0 Å². The van der Waals surface area contributed by atoms with E-state index in [1.165, 1.54) is 0 Å². The van der Waals surface area contributed by atoms with Gasteiger partial charge >= 0.3 is 0 Å². The molecule has 0 aromatic heterocycles. The van der Waals surface area contributed by atoms with Crippen molar-refractivity contribution in [3.05, 3.63) is 24.3 Å². The number of hydrogen-bond acceptors (Lipinski definition) is 4. The van der Waals surface area contributed by atoms with Crippen molar-refractivity contribution in [1.29, 1.82) is 0 Å². The first-order valence-corrected chi connectivity index (χ1v) is 6.89. The molecular weight excluding hydrogens is 244 g/mol. The van der Waals surface area contributed by atoms with Crippen LogP contribution in [0, 0.1) is 0 Å². The number of benzene rings is 1.